The molecule has 24 heavy (non-hydrogen) atoms. The zero-order chi connectivity index (χ0) is 16.6. The SMILES string of the molecule is S=C(NN=Cc1ccc(-c2ccccc2)cc1)NC1CCCCC1. The van der Waals surface area contributed by atoms with E-state index >= 15 is 0 Å². The fraction of sp³-hybridized carbons (Fsp3) is 0.300. The second kappa shape index (κ2) is 8.60. The van der Waals surface area contributed by atoms with Crippen LogP contribution >= 0.6 is 12.2 Å². The van der Waals surface area contributed by atoms with Crippen LogP contribution in [0.5, 0.6) is 0 Å². The van der Waals surface area contributed by atoms with Gasteiger partial charge in [-0.3, -0.25) is 5.43 Å². The summed E-state index contributed by atoms with van der Waals surface area (Å²) in [6, 6.07) is 19.2. The Kier molecular flexibility index (Phi) is 5.96. The van der Waals surface area contributed by atoms with E-state index in [0.29, 0.717) is 11.2 Å². The van der Waals surface area contributed by atoms with Crippen LogP contribution in [-0.2, 0) is 0 Å². The highest BCUT2D eigenvalue weighted by atomic mass is 32.1. The van der Waals surface area contributed by atoms with Crippen molar-refractivity contribution < 1.29 is 0 Å². The molecule has 2 aromatic carbocycles. The first kappa shape index (κ1) is 16.7. The van der Waals surface area contributed by atoms with Gasteiger partial charge in [0.05, 0.1) is 6.21 Å². The molecule has 2 aromatic rings. The Morgan fingerprint density at radius 2 is 1.58 bits per heavy atom. The van der Waals surface area contributed by atoms with Crippen molar-refractivity contribution in [3.05, 3.63) is 60.2 Å². The van der Waals surface area contributed by atoms with Crippen molar-refractivity contribution in [1.29, 1.82) is 0 Å². The van der Waals surface area contributed by atoms with Crippen molar-refractivity contribution in [2.24, 2.45) is 5.10 Å². The molecular formula is C20H23N3S. The van der Waals surface area contributed by atoms with Crippen molar-refractivity contribution >= 4 is 23.5 Å². The summed E-state index contributed by atoms with van der Waals surface area (Å²) < 4.78 is 0. The van der Waals surface area contributed by atoms with Crippen molar-refractivity contribution in [3.8, 4) is 11.1 Å². The molecule has 124 valence electrons. The fourth-order valence-electron chi connectivity index (χ4n) is 3.02. The molecule has 0 radical (unpaired) electrons. The van der Waals surface area contributed by atoms with Gasteiger partial charge in [0.15, 0.2) is 5.11 Å². The Labute approximate surface area is 149 Å². The van der Waals surface area contributed by atoms with Gasteiger partial charge in [0.2, 0.25) is 0 Å². The van der Waals surface area contributed by atoms with Crippen LogP contribution in [0, 0.1) is 0 Å². The molecule has 1 aliphatic carbocycles. The first-order chi connectivity index (χ1) is 11.8. The highest BCUT2D eigenvalue weighted by Crippen LogP contribution is 2.19. The minimum absolute atomic E-state index is 0.499. The molecule has 3 rings (SSSR count). The third kappa shape index (κ3) is 4.90. The normalized spacial score (nSPS) is 15.3. The highest BCUT2D eigenvalue weighted by molar-refractivity contribution is 7.80. The molecule has 0 saturated heterocycles. The summed E-state index contributed by atoms with van der Waals surface area (Å²) in [7, 11) is 0. The molecule has 0 unspecified atom stereocenters. The number of hydrogen-bond donors (Lipinski definition) is 2. The molecule has 0 amide bonds. The second-order valence-electron chi connectivity index (χ2n) is 6.17. The molecule has 0 atom stereocenters. The number of nitrogens with zero attached hydrogens (tertiary/aromatic N) is 1. The molecule has 0 aromatic heterocycles. The van der Waals surface area contributed by atoms with Gasteiger partial charge in [-0.15, -0.1) is 0 Å². The third-order valence-corrected chi connectivity index (χ3v) is 4.55. The smallest absolute Gasteiger partial charge is 0.187 e. The van der Waals surface area contributed by atoms with Crippen molar-refractivity contribution in [1.82, 2.24) is 10.7 Å². The zero-order valence-corrected chi connectivity index (χ0v) is 14.6. The van der Waals surface area contributed by atoms with E-state index in [1.165, 1.54) is 43.2 Å². The predicted octanol–water partition coefficient (Wildman–Crippen LogP) is 4.48. The zero-order valence-electron chi connectivity index (χ0n) is 13.7. The van der Waals surface area contributed by atoms with Crippen molar-refractivity contribution in [2.75, 3.05) is 0 Å². The fourth-order valence-corrected chi connectivity index (χ4v) is 3.24. The van der Waals surface area contributed by atoms with Crippen LogP contribution in [-0.4, -0.2) is 17.4 Å². The topological polar surface area (TPSA) is 36.4 Å². The monoisotopic (exact) mass is 337 g/mol. The van der Waals surface area contributed by atoms with Gasteiger partial charge in [-0.05, 0) is 41.7 Å². The van der Waals surface area contributed by atoms with E-state index in [9.17, 15) is 0 Å². The van der Waals surface area contributed by atoms with Crippen molar-refractivity contribution in [3.63, 3.8) is 0 Å². The van der Waals surface area contributed by atoms with Gasteiger partial charge in [-0.25, -0.2) is 0 Å². The van der Waals surface area contributed by atoms with Crippen LogP contribution in [0.4, 0.5) is 0 Å². The van der Waals surface area contributed by atoms with E-state index in [4.69, 9.17) is 12.2 Å². The van der Waals surface area contributed by atoms with Gasteiger partial charge in [0, 0.05) is 6.04 Å². The molecule has 4 heteroatoms. The molecule has 0 spiro atoms. The summed E-state index contributed by atoms with van der Waals surface area (Å²) in [5, 5.41) is 8.18. The average molecular weight is 337 g/mol. The van der Waals surface area contributed by atoms with E-state index in [-0.39, 0.29) is 0 Å². The number of nitrogens with one attached hydrogen (secondary N) is 2. The van der Waals surface area contributed by atoms with Gasteiger partial charge in [-0.2, -0.15) is 5.10 Å². The summed E-state index contributed by atoms with van der Waals surface area (Å²) in [6.45, 7) is 0. The predicted molar refractivity (Wildman–Crippen MR) is 105 cm³/mol. The standard InChI is InChI=1S/C20H23N3S/c24-20(22-19-9-5-2-6-10-19)23-21-15-16-11-13-18(14-12-16)17-7-3-1-4-8-17/h1,3-4,7-8,11-15,19H,2,5-6,9-10H2,(H2,22,23,24). The van der Waals surface area contributed by atoms with Gasteiger partial charge in [0.25, 0.3) is 0 Å². The van der Waals surface area contributed by atoms with Crippen LogP contribution in [0.1, 0.15) is 37.7 Å². The Hall–Kier alpha value is -2.20. The highest BCUT2D eigenvalue weighted by Gasteiger charge is 2.13. The molecule has 0 heterocycles. The van der Waals surface area contributed by atoms with Gasteiger partial charge in [-0.1, -0.05) is 73.9 Å². The van der Waals surface area contributed by atoms with Gasteiger partial charge in [0.1, 0.15) is 0 Å². The molecular weight excluding hydrogens is 314 g/mol. The van der Waals surface area contributed by atoms with E-state index in [1.807, 2.05) is 6.07 Å². The van der Waals surface area contributed by atoms with E-state index in [0.717, 1.165) is 5.56 Å². The Morgan fingerprint density at radius 1 is 0.917 bits per heavy atom. The maximum absolute atomic E-state index is 5.30. The number of benzene rings is 2. The first-order valence-electron chi connectivity index (χ1n) is 8.56. The molecule has 1 saturated carbocycles. The Balaban J connectivity index is 1.50. The summed E-state index contributed by atoms with van der Waals surface area (Å²) in [4.78, 5) is 0. The minimum atomic E-state index is 0.499. The average Bonchev–Trinajstić information content (AvgIpc) is 2.64. The van der Waals surface area contributed by atoms with E-state index in [2.05, 4.69) is 64.4 Å². The lowest BCUT2D eigenvalue weighted by molar-refractivity contribution is 0.412. The first-order valence-corrected chi connectivity index (χ1v) is 8.97. The lowest BCUT2D eigenvalue weighted by atomic mass is 9.96. The molecule has 3 nitrogen and oxygen atoms in total. The molecule has 0 aliphatic heterocycles. The number of thiocarbonyl (C=S) groups is 1. The van der Waals surface area contributed by atoms with Crippen LogP contribution in [0.25, 0.3) is 11.1 Å². The van der Waals surface area contributed by atoms with Crippen LogP contribution in [0.15, 0.2) is 59.7 Å². The second-order valence-corrected chi connectivity index (χ2v) is 6.57. The Bertz CT molecular complexity index is 674. The van der Waals surface area contributed by atoms with E-state index < -0.39 is 0 Å². The van der Waals surface area contributed by atoms with Crippen molar-refractivity contribution in [2.45, 2.75) is 38.1 Å². The summed E-state index contributed by atoms with van der Waals surface area (Å²) >= 11 is 5.30. The van der Waals surface area contributed by atoms with Crippen LogP contribution in [0.2, 0.25) is 0 Å². The molecule has 2 N–H and O–H groups in total. The lowest BCUT2D eigenvalue weighted by Gasteiger charge is -2.23. The molecule has 1 aliphatic rings. The molecule has 0 bridgehead atoms. The Morgan fingerprint density at radius 3 is 2.29 bits per heavy atom. The van der Waals surface area contributed by atoms with E-state index in [1.54, 1.807) is 6.21 Å². The third-order valence-electron chi connectivity index (χ3n) is 4.34. The molecule has 1 fully saturated rings. The summed E-state index contributed by atoms with van der Waals surface area (Å²) in [5.41, 5.74) is 6.38. The summed E-state index contributed by atoms with van der Waals surface area (Å²) in [6.07, 6.45) is 8.12. The maximum Gasteiger partial charge on any atom is 0.187 e. The maximum atomic E-state index is 5.30. The quantitative estimate of drug-likeness (QED) is 0.490. The van der Waals surface area contributed by atoms with Crippen LogP contribution in [0.3, 0.4) is 0 Å². The van der Waals surface area contributed by atoms with Gasteiger partial charge < -0.3 is 5.32 Å². The summed E-state index contributed by atoms with van der Waals surface area (Å²) in [5.74, 6) is 0. The van der Waals surface area contributed by atoms with Gasteiger partial charge >= 0.3 is 0 Å². The largest absolute Gasteiger partial charge is 0.359 e. The number of rotatable bonds is 4. The van der Waals surface area contributed by atoms with Crippen LogP contribution < -0.4 is 10.7 Å². The number of hydrazone groups is 1. The lowest BCUT2D eigenvalue weighted by Crippen LogP contribution is -2.40. The minimum Gasteiger partial charge on any atom is -0.359 e. The number of hydrogen-bond acceptors (Lipinski definition) is 2.